The third kappa shape index (κ3) is 7.17. The summed E-state index contributed by atoms with van der Waals surface area (Å²) in [5, 5.41) is 20.7. The summed E-state index contributed by atoms with van der Waals surface area (Å²) in [5.74, 6) is 1.74. The molecular weight excluding hydrogens is 629 g/mol. The van der Waals surface area contributed by atoms with E-state index in [4.69, 9.17) is 19.7 Å². The van der Waals surface area contributed by atoms with Gasteiger partial charge in [-0.05, 0) is 124 Å². The van der Waals surface area contributed by atoms with Crippen LogP contribution in [0, 0.1) is 0 Å². The highest BCUT2D eigenvalue weighted by atomic mass is 16.5. The summed E-state index contributed by atoms with van der Waals surface area (Å²) in [6, 6.07) is 48.5. The third-order valence-corrected chi connectivity index (χ3v) is 10.3. The number of benzene rings is 6. The minimum atomic E-state index is -0.584. The van der Waals surface area contributed by atoms with Crippen LogP contribution in [0.4, 0.5) is 0 Å². The van der Waals surface area contributed by atoms with Crippen LogP contribution >= 0.6 is 0 Å². The maximum Gasteiger partial charge on any atom is 0.119 e. The fourth-order valence-corrected chi connectivity index (χ4v) is 7.84. The van der Waals surface area contributed by atoms with Crippen LogP contribution < -0.4 is 9.47 Å². The zero-order valence-corrected chi connectivity index (χ0v) is 29.4. The van der Waals surface area contributed by atoms with Crippen molar-refractivity contribution in [3.63, 3.8) is 0 Å². The molecule has 4 heteroatoms. The number of ether oxygens (including phenoxy) is 2. The van der Waals surface area contributed by atoms with Crippen molar-refractivity contribution in [3.8, 4) is 33.8 Å². The molecule has 0 spiro atoms. The van der Waals surface area contributed by atoms with Crippen LogP contribution in [-0.2, 0) is 5.41 Å². The molecule has 0 heterocycles. The van der Waals surface area contributed by atoms with Gasteiger partial charge in [-0.1, -0.05) is 116 Å². The van der Waals surface area contributed by atoms with Crippen molar-refractivity contribution in [2.45, 2.75) is 56.8 Å². The number of aliphatic hydroxyl groups excluding tert-OH is 2. The highest BCUT2D eigenvalue weighted by Gasteiger charge is 2.47. The monoisotopic (exact) mass is 676 g/mol. The van der Waals surface area contributed by atoms with E-state index in [1.54, 1.807) is 0 Å². The van der Waals surface area contributed by atoms with Crippen molar-refractivity contribution in [3.05, 3.63) is 156 Å². The molecule has 0 aromatic heterocycles. The molecule has 0 radical (unpaired) electrons. The van der Waals surface area contributed by atoms with Gasteiger partial charge in [0.25, 0.3) is 0 Å². The zero-order chi connectivity index (χ0) is 34.9. The highest BCUT2D eigenvalue weighted by molar-refractivity contribution is 5.95. The SMILES string of the molecule is OCCCCCCOc1ccc(C2(c3ccc(OCCCCCCO)cc3)c3ccccc3-c3cccc(-c4ccc5ccccc5c4)c32)cc1. The Morgan fingerprint density at radius 1 is 0.431 bits per heavy atom. The Labute approximate surface area is 302 Å². The first-order chi connectivity index (χ1) is 25.2. The summed E-state index contributed by atoms with van der Waals surface area (Å²) >= 11 is 0. The quantitative estimate of drug-likeness (QED) is 0.0943. The molecule has 4 nitrogen and oxygen atoms in total. The summed E-state index contributed by atoms with van der Waals surface area (Å²) in [6.45, 7) is 1.83. The molecule has 0 saturated heterocycles. The zero-order valence-electron chi connectivity index (χ0n) is 29.4. The normalized spacial score (nSPS) is 12.8. The fraction of sp³-hybridized carbons (Fsp3) is 0.277. The lowest BCUT2D eigenvalue weighted by Gasteiger charge is -2.35. The van der Waals surface area contributed by atoms with Crippen molar-refractivity contribution >= 4 is 10.8 Å². The molecule has 0 amide bonds. The first-order valence-corrected chi connectivity index (χ1v) is 18.6. The van der Waals surface area contributed by atoms with Crippen molar-refractivity contribution in [2.24, 2.45) is 0 Å². The number of hydrogen-bond donors (Lipinski definition) is 2. The maximum absolute atomic E-state index is 9.10. The Morgan fingerprint density at radius 2 is 0.961 bits per heavy atom. The average molecular weight is 677 g/mol. The summed E-state index contributed by atoms with van der Waals surface area (Å²) in [7, 11) is 0. The van der Waals surface area contributed by atoms with Gasteiger partial charge >= 0.3 is 0 Å². The van der Waals surface area contributed by atoms with Gasteiger partial charge < -0.3 is 19.7 Å². The van der Waals surface area contributed by atoms with E-state index in [-0.39, 0.29) is 13.2 Å². The van der Waals surface area contributed by atoms with Gasteiger partial charge in [0.15, 0.2) is 0 Å². The van der Waals surface area contributed by atoms with Gasteiger partial charge in [0.05, 0.1) is 18.6 Å². The summed E-state index contributed by atoms with van der Waals surface area (Å²) in [5.41, 5.74) is 9.28. The van der Waals surface area contributed by atoms with Gasteiger partial charge in [-0.25, -0.2) is 0 Å². The number of aliphatic hydroxyl groups is 2. The van der Waals surface area contributed by atoms with Crippen LogP contribution in [0.5, 0.6) is 11.5 Å². The minimum Gasteiger partial charge on any atom is -0.494 e. The lowest BCUT2D eigenvalue weighted by Crippen LogP contribution is -2.29. The number of rotatable bonds is 17. The number of hydrogen-bond acceptors (Lipinski definition) is 4. The van der Waals surface area contributed by atoms with E-state index >= 15 is 0 Å². The van der Waals surface area contributed by atoms with E-state index in [9.17, 15) is 0 Å². The van der Waals surface area contributed by atoms with Crippen LogP contribution in [0.1, 0.15) is 73.6 Å². The molecule has 0 aliphatic heterocycles. The molecule has 0 unspecified atom stereocenters. The molecule has 6 aromatic carbocycles. The van der Waals surface area contributed by atoms with Crippen LogP contribution in [0.2, 0.25) is 0 Å². The Balaban J connectivity index is 1.32. The molecule has 1 aliphatic carbocycles. The van der Waals surface area contributed by atoms with Gasteiger partial charge in [-0.15, -0.1) is 0 Å². The third-order valence-electron chi connectivity index (χ3n) is 10.3. The molecule has 260 valence electrons. The second kappa shape index (κ2) is 16.4. The average Bonchev–Trinajstić information content (AvgIpc) is 3.49. The summed E-state index contributed by atoms with van der Waals surface area (Å²) in [4.78, 5) is 0. The van der Waals surface area contributed by atoms with Crippen molar-refractivity contribution in [1.82, 2.24) is 0 Å². The predicted molar refractivity (Wildman–Crippen MR) is 209 cm³/mol. The number of fused-ring (bicyclic) bond motifs is 4. The van der Waals surface area contributed by atoms with Gasteiger partial charge in [-0.2, -0.15) is 0 Å². The standard InChI is InChI=1S/C47H48O4/c48-30-9-1-3-11-32-50-40-26-22-38(23-27-40)47(39-24-28-41(29-25-39)51-33-12-4-2-10-31-49)45-19-8-7-16-43(45)44-18-13-17-42(46(44)47)37-21-20-35-14-5-6-15-36(35)34-37/h5-8,13-29,34,48-49H,1-4,9-12,30-33H2. The van der Waals surface area contributed by atoms with Gasteiger partial charge in [0, 0.05) is 13.2 Å². The highest BCUT2D eigenvalue weighted by Crippen LogP contribution is 2.59. The van der Waals surface area contributed by atoms with Gasteiger partial charge in [0.1, 0.15) is 11.5 Å². The first-order valence-electron chi connectivity index (χ1n) is 18.6. The van der Waals surface area contributed by atoms with E-state index in [2.05, 4.69) is 133 Å². The van der Waals surface area contributed by atoms with E-state index in [1.165, 1.54) is 55.3 Å². The van der Waals surface area contributed by atoms with E-state index in [0.29, 0.717) is 13.2 Å². The largest absolute Gasteiger partial charge is 0.494 e. The molecule has 0 bridgehead atoms. The van der Waals surface area contributed by atoms with Crippen LogP contribution in [-0.4, -0.2) is 36.6 Å². The minimum absolute atomic E-state index is 0.251. The fourth-order valence-electron chi connectivity index (χ4n) is 7.84. The Morgan fingerprint density at radius 3 is 1.59 bits per heavy atom. The number of unbranched alkanes of at least 4 members (excludes halogenated alkanes) is 6. The van der Waals surface area contributed by atoms with Crippen LogP contribution in [0.25, 0.3) is 33.0 Å². The second-order valence-electron chi connectivity index (χ2n) is 13.6. The van der Waals surface area contributed by atoms with Gasteiger partial charge in [0.2, 0.25) is 0 Å². The Hall–Kier alpha value is -4.90. The van der Waals surface area contributed by atoms with Crippen LogP contribution in [0.3, 0.4) is 0 Å². The molecule has 7 rings (SSSR count). The maximum atomic E-state index is 9.10. The Bertz CT molecular complexity index is 1970. The lowest BCUT2D eigenvalue weighted by atomic mass is 9.66. The molecule has 0 fully saturated rings. The van der Waals surface area contributed by atoms with Crippen molar-refractivity contribution < 1.29 is 19.7 Å². The van der Waals surface area contributed by atoms with E-state index in [0.717, 1.165) is 62.9 Å². The Kier molecular flexibility index (Phi) is 11.1. The van der Waals surface area contributed by atoms with Gasteiger partial charge in [-0.3, -0.25) is 0 Å². The molecule has 1 aliphatic rings. The lowest BCUT2D eigenvalue weighted by molar-refractivity contribution is 0.273. The smallest absolute Gasteiger partial charge is 0.119 e. The molecule has 51 heavy (non-hydrogen) atoms. The molecule has 6 aromatic rings. The molecular formula is C47H48O4. The first kappa shape index (κ1) is 34.5. The molecule has 0 atom stereocenters. The van der Waals surface area contributed by atoms with E-state index < -0.39 is 5.41 Å². The van der Waals surface area contributed by atoms with E-state index in [1.807, 2.05) is 0 Å². The topological polar surface area (TPSA) is 58.9 Å². The molecule has 0 saturated carbocycles. The summed E-state index contributed by atoms with van der Waals surface area (Å²) < 4.78 is 12.4. The predicted octanol–water partition coefficient (Wildman–Crippen LogP) is 10.7. The summed E-state index contributed by atoms with van der Waals surface area (Å²) in [6.07, 6.45) is 7.78. The van der Waals surface area contributed by atoms with Crippen molar-refractivity contribution in [1.29, 1.82) is 0 Å². The van der Waals surface area contributed by atoms with Crippen molar-refractivity contribution in [2.75, 3.05) is 26.4 Å². The van der Waals surface area contributed by atoms with Crippen LogP contribution in [0.15, 0.2) is 133 Å². The molecule has 2 N–H and O–H groups in total. The second-order valence-corrected chi connectivity index (χ2v) is 13.6.